The van der Waals surface area contributed by atoms with Crippen molar-refractivity contribution in [2.75, 3.05) is 0 Å². The van der Waals surface area contributed by atoms with Crippen LogP contribution in [0.1, 0.15) is 39.9 Å². The van der Waals surface area contributed by atoms with E-state index in [1.54, 1.807) is 11.3 Å². The summed E-state index contributed by atoms with van der Waals surface area (Å²) < 4.78 is 6.07. The Kier molecular flexibility index (Phi) is 3.18. The van der Waals surface area contributed by atoms with Crippen LogP contribution in [0.25, 0.3) is 0 Å². The molecule has 5 heteroatoms. The van der Waals surface area contributed by atoms with Gasteiger partial charge in [-0.1, -0.05) is 16.8 Å². The van der Waals surface area contributed by atoms with Crippen molar-refractivity contribution in [3.05, 3.63) is 37.9 Å². The second-order valence-electron chi connectivity index (χ2n) is 4.70. The lowest BCUT2D eigenvalue weighted by molar-refractivity contribution is 0.391. The van der Waals surface area contributed by atoms with E-state index in [2.05, 4.69) is 16.5 Å². The summed E-state index contributed by atoms with van der Waals surface area (Å²) in [6, 6.07) is 2.51. The van der Waals surface area contributed by atoms with Crippen LogP contribution in [0.3, 0.4) is 0 Å². The first kappa shape index (κ1) is 12.2. The lowest BCUT2D eigenvalue weighted by Crippen LogP contribution is -2.19. The number of halogens is 1. The Morgan fingerprint density at radius 2 is 2.39 bits per heavy atom. The molecule has 1 aliphatic rings. The van der Waals surface area contributed by atoms with Gasteiger partial charge in [-0.05, 0) is 38.3 Å². The fourth-order valence-corrected chi connectivity index (χ4v) is 3.88. The van der Waals surface area contributed by atoms with E-state index < -0.39 is 0 Å². The molecule has 2 heterocycles. The number of nitrogens with one attached hydrogen (secondary N) is 1. The van der Waals surface area contributed by atoms with E-state index in [1.807, 2.05) is 13.8 Å². The highest BCUT2D eigenvalue weighted by atomic mass is 35.5. The number of nitrogens with zero attached hydrogens (tertiary/aromatic N) is 1. The Morgan fingerprint density at radius 3 is 3.11 bits per heavy atom. The molecule has 18 heavy (non-hydrogen) atoms. The fraction of sp³-hybridized carbons (Fsp3) is 0.462. The van der Waals surface area contributed by atoms with Gasteiger partial charge in [-0.3, -0.25) is 0 Å². The molecule has 2 aromatic rings. The Labute approximate surface area is 115 Å². The molecule has 0 bridgehead atoms. The van der Waals surface area contributed by atoms with E-state index in [-0.39, 0.29) is 0 Å². The van der Waals surface area contributed by atoms with Crippen molar-refractivity contribution in [3.63, 3.8) is 0 Å². The average molecular weight is 283 g/mol. The van der Waals surface area contributed by atoms with Crippen LogP contribution < -0.4 is 5.32 Å². The highest BCUT2D eigenvalue weighted by Gasteiger charge is 2.25. The summed E-state index contributed by atoms with van der Waals surface area (Å²) in [6.07, 6.45) is 2.29. The first-order valence-corrected chi connectivity index (χ1v) is 7.28. The van der Waals surface area contributed by atoms with Crippen molar-refractivity contribution in [1.29, 1.82) is 0 Å². The highest BCUT2D eigenvalue weighted by Crippen LogP contribution is 2.39. The highest BCUT2D eigenvalue weighted by molar-refractivity contribution is 7.16. The van der Waals surface area contributed by atoms with Crippen LogP contribution in [0, 0.1) is 13.8 Å². The molecule has 0 saturated heterocycles. The number of aromatic nitrogens is 1. The Balaban J connectivity index is 1.72. The third-order valence-electron chi connectivity index (χ3n) is 3.55. The molecular weight excluding hydrogens is 268 g/mol. The largest absolute Gasteiger partial charge is 0.361 e. The van der Waals surface area contributed by atoms with Gasteiger partial charge in [0.25, 0.3) is 0 Å². The third kappa shape index (κ3) is 2.09. The van der Waals surface area contributed by atoms with Crippen molar-refractivity contribution in [3.8, 4) is 0 Å². The molecule has 0 aromatic carbocycles. The van der Waals surface area contributed by atoms with E-state index in [1.165, 1.54) is 16.0 Å². The molecule has 2 aromatic heterocycles. The van der Waals surface area contributed by atoms with Crippen molar-refractivity contribution in [2.24, 2.45) is 0 Å². The number of thiophene rings is 1. The van der Waals surface area contributed by atoms with Crippen molar-refractivity contribution in [1.82, 2.24) is 10.5 Å². The van der Waals surface area contributed by atoms with E-state index >= 15 is 0 Å². The standard InChI is InChI=1S/C13H15ClN2OS/c1-7-10(8(2)17-16-7)6-15-11-3-4-12-9(11)5-13(14)18-12/h5,11,15H,3-4,6H2,1-2H3. The molecule has 0 spiro atoms. The van der Waals surface area contributed by atoms with Gasteiger partial charge < -0.3 is 9.84 Å². The molecule has 1 atom stereocenters. The summed E-state index contributed by atoms with van der Waals surface area (Å²) in [6.45, 7) is 4.74. The lowest BCUT2D eigenvalue weighted by Gasteiger charge is -2.12. The molecule has 0 amide bonds. The first-order valence-electron chi connectivity index (χ1n) is 6.08. The molecule has 96 valence electrons. The average Bonchev–Trinajstić information content (AvgIpc) is 2.94. The zero-order valence-corrected chi connectivity index (χ0v) is 12.0. The summed E-state index contributed by atoms with van der Waals surface area (Å²) in [7, 11) is 0. The molecule has 1 N–H and O–H groups in total. The zero-order chi connectivity index (χ0) is 12.7. The van der Waals surface area contributed by atoms with E-state index in [0.717, 1.165) is 35.2 Å². The Hall–Kier alpha value is -0.840. The predicted molar refractivity (Wildman–Crippen MR) is 73.2 cm³/mol. The monoisotopic (exact) mass is 282 g/mol. The van der Waals surface area contributed by atoms with Crippen LogP contribution >= 0.6 is 22.9 Å². The van der Waals surface area contributed by atoms with Gasteiger partial charge in [-0.2, -0.15) is 0 Å². The number of fused-ring (bicyclic) bond motifs is 1. The van der Waals surface area contributed by atoms with Crippen LogP contribution in [0.15, 0.2) is 10.6 Å². The maximum absolute atomic E-state index is 6.06. The molecule has 0 saturated carbocycles. The van der Waals surface area contributed by atoms with Crippen LogP contribution in [-0.2, 0) is 13.0 Å². The van der Waals surface area contributed by atoms with Gasteiger partial charge in [0.2, 0.25) is 0 Å². The number of aryl methyl sites for hydroxylation is 3. The van der Waals surface area contributed by atoms with E-state index in [4.69, 9.17) is 16.1 Å². The SMILES string of the molecule is Cc1noc(C)c1CNC1CCc2sc(Cl)cc21. The van der Waals surface area contributed by atoms with Gasteiger partial charge in [0.15, 0.2) is 0 Å². The predicted octanol–water partition coefficient (Wildman–Crippen LogP) is 3.78. The normalized spacial score (nSPS) is 18.3. The summed E-state index contributed by atoms with van der Waals surface area (Å²) in [5.41, 5.74) is 3.52. The molecule has 0 radical (unpaired) electrons. The van der Waals surface area contributed by atoms with Crippen molar-refractivity contribution in [2.45, 2.75) is 39.3 Å². The maximum Gasteiger partial charge on any atom is 0.138 e. The topological polar surface area (TPSA) is 38.1 Å². The molecule has 1 aliphatic carbocycles. The van der Waals surface area contributed by atoms with Gasteiger partial charge in [-0.25, -0.2) is 0 Å². The van der Waals surface area contributed by atoms with Crippen LogP contribution in [0.2, 0.25) is 4.34 Å². The smallest absolute Gasteiger partial charge is 0.138 e. The van der Waals surface area contributed by atoms with Gasteiger partial charge >= 0.3 is 0 Å². The Bertz CT molecular complexity index is 556. The summed E-state index contributed by atoms with van der Waals surface area (Å²) in [5.74, 6) is 0.904. The van der Waals surface area contributed by atoms with Gasteiger partial charge in [0, 0.05) is 23.0 Å². The second kappa shape index (κ2) is 4.68. The van der Waals surface area contributed by atoms with Gasteiger partial charge in [0.1, 0.15) is 5.76 Å². The molecule has 3 rings (SSSR count). The molecule has 3 nitrogen and oxygen atoms in total. The summed E-state index contributed by atoms with van der Waals surface area (Å²) in [4.78, 5) is 1.43. The number of hydrogen-bond acceptors (Lipinski definition) is 4. The third-order valence-corrected chi connectivity index (χ3v) is 4.89. The summed E-state index contributed by atoms with van der Waals surface area (Å²) >= 11 is 7.76. The van der Waals surface area contributed by atoms with Gasteiger partial charge in [0.05, 0.1) is 10.0 Å². The fourth-order valence-electron chi connectivity index (χ4n) is 2.52. The molecule has 0 fully saturated rings. The molecule has 0 aliphatic heterocycles. The van der Waals surface area contributed by atoms with E-state index in [0.29, 0.717) is 6.04 Å². The minimum atomic E-state index is 0.414. The number of rotatable bonds is 3. The summed E-state index contributed by atoms with van der Waals surface area (Å²) in [5, 5.41) is 7.56. The van der Waals surface area contributed by atoms with Crippen LogP contribution in [0.4, 0.5) is 0 Å². The minimum absolute atomic E-state index is 0.414. The van der Waals surface area contributed by atoms with Crippen LogP contribution in [-0.4, -0.2) is 5.16 Å². The zero-order valence-electron chi connectivity index (χ0n) is 10.4. The molecule has 1 unspecified atom stereocenters. The van der Waals surface area contributed by atoms with Crippen LogP contribution in [0.5, 0.6) is 0 Å². The quantitative estimate of drug-likeness (QED) is 0.931. The minimum Gasteiger partial charge on any atom is -0.361 e. The maximum atomic E-state index is 6.06. The van der Waals surface area contributed by atoms with Crippen molar-refractivity contribution < 1.29 is 4.52 Å². The van der Waals surface area contributed by atoms with Gasteiger partial charge in [-0.15, -0.1) is 11.3 Å². The molecular formula is C13H15ClN2OS. The Morgan fingerprint density at radius 1 is 1.56 bits per heavy atom. The second-order valence-corrected chi connectivity index (χ2v) is 6.47. The number of hydrogen-bond donors (Lipinski definition) is 1. The van der Waals surface area contributed by atoms with E-state index in [9.17, 15) is 0 Å². The van der Waals surface area contributed by atoms with Crippen molar-refractivity contribution >= 4 is 22.9 Å². The first-order chi connectivity index (χ1) is 8.65. The lowest BCUT2D eigenvalue weighted by atomic mass is 10.1.